The molecule has 0 bridgehead atoms. The fourth-order valence-electron chi connectivity index (χ4n) is 2.06. The number of rotatable bonds is 7. The van der Waals surface area contributed by atoms with Gasteiger partial charge in [0.15, 0.2) is 0 Å². The lowest BCUT2D eigenvalue weighted by Gasteiger charge is -2.13. The number of nitrogens with one attached hydrogen (secondary N) is 1. The van der Waals surface area contributed by atoms with E-state index in [0.717, 1.165) is 12.5 Å². The average Bonchev–Trinajstić information content (AvgIpc) is 2.70. The molecule has 0 aromatic heterocycles. The third-order valence-corrected chi connectivity index (χ3v) is 3.07. The number of ether oxygens (including phenoxy) is 1. The molecule has 1 rings (SSSR count). The topological polar surface area (TPSA) is 64.3 Å². The highest BCUT2D eigenvalue weighted by atomic mass is 16.5. The molecule has 88 valence electrons. The Hall–Kier alpha value is -0.610. The molecule has 3 N–H and O–H groups in total. The molecule has 15 heavy (non-hydrogen) atoms. The fraction of sp³-hybridized carbons (Fsp3) is 0.909. The second-order valence-electron chi connectivity index (χ2n) is 4.26. The maximum absolute atomic E-state index is 10.9. The molecule has 0 aliphatic heterocycles. The molecule has 1 saturated carbocycles. The molecule has 1 unspecified atom stereocenters. The first-order valence-corrected chi connectivity index (χ1v) is 5.78. The minimum atomic E-state index is -0.304. The van der Waals surface area contributed by atoms with Crippen LogP contribution in [0.1, 0.15) is 32.1 Å². The summed E-state index contributed by atoms with van der Waals surface area (Å²) in [6.45, 7) is 1.46. The number of amides is 1. The summed E-state index contributed by atoms with van der Waals surface area (Å²) in [7, 11) is 1.74. The quantitative estimate of drug-likeness (QED) is 0.612. The SMILES string of the molecule is CNC(CCOCC1CCCC1)C(N)=O. The second-order valence-corrected chi connectivity index (χ2v) is 4.26. The van der Waals surface area contributed by atoms with E-state index in [0.29, 0.717) is 13.0 Å². The number of carbonyl (C=O) groups excluding carboxylic acids is 1. The van der Waals surface area contributed by atoms with Crippen LogP contribution in [0.25, 0.3) is 0 Å². The van der Waals surface area contributed by atoms with Crippen molar-refractivity contribution in [3.8, 4) is 0 Å². The number of nitrogens with two attached hydrogens (primary N) is 1. The first-order chi connectivity index (χ1) is 7.24. The van der Waals surface area contributed by atoms with Gasteiger partial charge in [-0.25, -0.2) is 0 Å². The average molecular weight is 214 g/mol. The predicted molar refractivity (Wildman–Crippen MR) is 59.4 cm³/mol. The van der Waals surface area contributed by atoms with Crippen LogP contribution in [0.2, 0.25) is 0 Å². The van der Waals surface area contributed by atoms with E-state index in [9.17, 15) is 4.79 Å². The van der Waals surface area contributed by atoms with Gasteiger partial charge >= 0.3 is 0 Å². The van der Waals surface area contributed by atoms with E-state index in [4.69, 9.17) is 10.5 Å². The van der Waals surface area contributed by atoms with Crippen LogP contribution in [0.5, 0.6) is 0 Å². The zero-order valence-electron chi connectivity index (χ0n) is 9.50. The highest BCUT2D eigenvalue weighted by molar-refractivity contribution is 5.79. The normalized spacial score (nSPS) is 19.3. The molecule has 1 fully saturated rings. The molecular formula is C11H22N2O2. The van der Waals surface area contributed by atoms with Gasteiger partial charge in [-0.1, -0.05) is 12.8 Å². The van der Waals surface area contributed by atoms with Crippen LogP contribution in [0.15, 0.2) is 0 Å². The van der Waals surface area contributed by atoms with E-state index in [1.807, 2.05) is 0 Å². The number of likely N-dealkylation sites (N-methyl/N-ethyl adjacent to an activating group) is 1. The van der Waals surface area contributed by atoms with Gasteiger partial charge in [0.05, 0.1) is 6.04 Å². The van der Waals surface area contributed by atoms with Crippen LogP contribution in [0.4, 0.5) is 0 Å². The Morgan fingerprint density at radius 3 is 2.73 bits per heavy atom. The minimum Gasteiger partial charge on any atom is -0.381 e. The monoisotopic (exact) mass is 214 g/mol. The third-order valence-electron chi connectivity index (χ3n) is 3.07. The van der Waals surface area contributed by atoms with Gasteiger partial charge in [-0.05, 0) is 32.2 Å². The Morgan fingerprint density at radius 1 is 1.53 bits per heavy atom. The number of hydrogen-bond acceptors (Lipinski definition) is 3. The van der Waals surface area contributed by atoms with E-state index in [1.165, 1.54) is 25.7 Å². The first-order valence-electron chi connectivity index (χ1n) is 5.78. The van der Waals surface area contributed by atoms with Crippen LogP contribution in [-0.4, -0.2) is 32.2 Å². The summed E-state index contributed by atoms with van der Waals surface area (Å²) in [6.07, 6.45) is 5.94. The number of hydrogen-bond donors (Lipinski definition) is 2. The standard InChI is InChI=1S/C11H22N2O2/c1-13-10(11(12)14)6-7-15-8-9-4-2-3-5-9/h9-10,13H,2-8H2,1H3,(H2,12,14). The van der Waals surface area contributed by atoms with Gasteiger partial charge in [-0.3, -0.25) is 4.79 Å². The van der Waals surface area contributed by atoms with Crippen molar-refractivity contribution in [2.24, 2.45) is 11.7 Å². The Morgan fingerprint density at radius 2 is 2.20 bits per heavy atom. The summed E-state index contributed by atoms with van der Waals surface area (Å²) >= 11 is 0. The van der Waals surface area contributed by atoms with E-state index >= 15 is 0 Å². The van der Waals surface area contributed by atoms with Gasteiger partial charge < -0.3 is 15.8 Å². The van der Waals surface area contributed by atoms with E-state index < -0.39 is 0 Å². The summed E-state index contributed by atoms with van der Waals surface area (Å²) in [5.74, 6) is 0.439. The Labute approximate surface area is 91.5 Å². The lowest BCUT2D eigenvalue weighted by molar-refractivity contribution is -0.120. The van der Waals surface area contributed by atoms with Gasteiger partial charge in [-0.15, -0.1) is 0 Å². The van der Waals surface area contributed by atoms with Gasteiger partial charge in [0, 0.05) is 13.2 Å². The summed E-state index contributed by atoms with van der Waals surface area (Å²) in [4.78, 5) is 10.9. The zero-order valence-corrected chi connectivity index (χ0v) is 9.50. The molecule has 0 spiro atoms. The van der Waals surface area contributed by atoms with Crippen LogP contribution >= 0.6 is 0 Å². The largest absolute Gasteiger partial charge is 0.381 e. The van der Waals surface area contributed by atoms with Crippen molar-refractivity contribution in [3.63, 3.8) is 0 Å². The van der Waals surface area contributed by atoms with Crippen LogP contribution in [-0.2, 0) is 9.53 Å². The lowest BCUT2D eigenvalue weighted by atomic mass is 10.1. The molecular weight excluding hydrogens is 192 g/mol. The predicted octanol–water partition coefficient (Wildman–Crippen LogP) is 0.657. The Balaban J connectivity index is 2.02. The van der Waals surface area contributed by atoms with Gasteiger partial charge in [0.25, 0.3) is 0 Å². The van der Waals surface area contributed by atoms with Crippen molar-refractivity contribution in [2.45, 2.75) is 38.1 Å². The molecule has 0 aromatic carbocycles. The van der Waals surface area contributed by atoms with E-state index in [2.05, 4.69) is 5.32 Å². The minimum absolute atomic E-state index is 0.256. The molecule has 1 aliphatic carbocycles. The summed E-state index contributed by atoms with van der Waals surface area (Å²) in [6, 6.07) is -0.256. The molecule has 1 aliphatic rings. The van der Waals surface area contributed by atoms with Crippen molar-refractivity contribution >= 4 is 5.91 Å². The van der Waals surface area contributed by atoms with Gasteiger partial charge in [0.1, 0.15) is 0 Å². The van der Waals surface area contributed by atoms with Crippen LogP contribution in [0.3, 0.4) is 0 Å². The highest BCUT2D eigenvalue weighted by Gasteiger charge is 2.16. The maximum Gasteiger partial charge on any atom is 0.234 e. The molecule has 4 heteroatoms. The maximum atomic E-state index is 10.9. The summed E-state index contributed by atoms with van der Waals surface area (Å²) < 4.78 is 5.55. The Kier molecular flexibility index (Phi) is 5.65. The lowest BCUT2D eigenvalue weighted by Crippen LogP contribution is -2.40. The van der Waals surface area contributed by atoms with Gasteiger partial charge in [-0.2, -0.15) is 0 Å². The zero-order chi connectivity index (χ0) is 11.1. The second kappa shape index (κ2) is 6.80. The molecule has 0 aromatic rings. The third kappa shape index (κ3) is 4.62. The smallest absolute Gasteiger partial charge is 0.234 e. The van der Waals surface area contributed by atoms with Crippen LogP contribution in [0, 0.1) is 5.92 Å². The molecule has 0 heterocycles. The summed E-state index contributed by atoms with van der Waals surface area (Å²) in [5, 5.41) is 2.88. The van der Waals surface area contributed by atoms with Crippen molar-refractivity contribution < 1.29 is 9.53 Å². The molecule has 0 saturated heterocycles. The van der Waals surface area contributed by atoms with Gasteiger partial charge in [0.2, 0.25) is 5.91 Å². The fourth-order valence-corrected chi connectivity index (χ4v) is 2.06. The van der Waals surface area contributed by atoms with Crippen LogP contribution < -0.4 is 11.1 Å². The first kappa shape index (κ1) is 12.5. The summed E-state index contributed by atoms with van der Waals surface area (Å²) in [5.41, 5.74) is 5.19. The molecule has 0 radical (unpaired) electrons. The van der Waals surface area contributed by atoms with Crippen molar-refractivity contribution in [3.05, 3.63) is 0 Å². The van der Waals surface area contributed by atoms with Crippen molar-refractivity contribution in [2.75, 3.05) is 20.3 Å². The number of primary amides is 1. The van der Waals surface area contributed by atoms with E-state index in [-0.39, 0.29) is 11.9 Å². The number of carbonyl (C=O) groups is 1. The van der Waals surface area contributed by atoms with E-state index in [1.54, 1.807) is 7.05 Å². The molecule has 4 nitrogen and oxygen atoms in total. The van der Waals surface area contributed by atoms with Crippen molar-refractivity contribution in [1.82, 2.24) is 5.32 Å². The Bertz CT molecular complexity index is 191. The highest BCUT2D eigenvalue weighted by Crippen LogP contribution is 2.24. The molecule has 1 amide bonds. The molecule has 1 atom stereocenters. The van der Waals surface area contributed by atoms with Crippen molar-refractivity contribution in [1.29, 1.82) is 0 Å².